The van der Waals surface area contributed by atoms with E-state index in [9.17, 15) is 4.79 Å². The third-order valence-corrected chi connectivity index (χ3v) is 3.16. The third kappa shape index (κ3) is 6.21. The van der Waals surface area contributed by atoms with E-state index in [0.29, 0.717) is 26.1 Å². The zero-order valence-corrected chi connectivity index (χ0v) is 12.9. The largest absolute Gasteiger partial charge is 0.464 e. The van der Waals surface area contributed by atoms with Gasteiger partial charge in [-0.15, -0.1) is 0 Å². The van der Waals surface area contributed by atoms with Gasteiger partial charge in [0.1, 0.15) is 11.5 Å². The maximum absolute atomic E-state index is 12.3. The fourth-order valence-corrected chi connectivity index (χ4v) is 1.95. The van der Waals surface area contributed by atoms with E-state index in [1.807, 2.05) is 38.1 Å². The number of aryl methyl sites for hydroxylation is 1. The molecule has 1 heterocycles. The monoisotopic (exact) mass is 281 g/mol. The average molecular weight is 281 g/mol. The van der Waals surface area contributed by atoms with Crippen LogP contribution in [0.25, 0.3) is 0 Å². The molecule has 0 fully saturated rings. The topological polar surface area (TPSA) is 62.7 Å². The standard InChI is InChI=1S/C15H27N3O2/c1-13-7-8-14(20-13)12-18(11-10-17(2)3)15(19)6-4-5-9-16/h7-8H,4-6,9-12,16H2,1-3H3. The van der Waals surface area contributed by atoms with Crippen LogP contribution in [0.2, 0.25) is 0 Å². The SMILES string of the molecule is Cc1ccc(CN(CCN(C)C)C(=O)CCCCN)o1. The lowest BCUT2D eigenvalue weighted by atomic mass is 10.2. The van der Waals surface area contributed by atoms with Gasteiger partial charge in [-0.2, -0.15) is 0 Å². The van der Waals surface area contributed by atoms with Gasteiger partial charge in [0.2, 0.25) is 5.91 Å². The van der Waals surface area contributed by atoms with Crippen LogP contribution in [-0.2, 0) is 11.3 Å². The van der Waals surface area contributed by atoms with Crippen molar-refractivity contribution < 1.29 is 9.21 Å². The van der Waals surface area contributed by atoms with Crippen LogP contribution in [0.1, 0.15) is 30.8 Å². The molecule has 1 rings (SSSR count). The lowest BCUT2D eigenvalue weighted by molar-refractivity contribution is -0.132. The van der Waals surface area contributed by atoms with E-state index in [1.165, 1.54) is 0 Å². The predicted octanol–water partition coefficient (Wildman–Crippen LogP) is 1.61. The van der Waals surface area contributed by atoms with Crippen molar-refractivity contribution in [3.8, 4) is 0 Å². The van der Waals surface area contributed by atoms with Crippen molar-refractivity contribution in [1.82, 2.24) is 9.80 Å². The average Bonchev–Trinajstić information content (AvgIpc) is 2.80. The number of carbonyl (C=O) groups excluding carboxylic acids is 1. The zero-order chi connectivity index (χ0) is 15.0. The van der Waals surface area contributed by atoms with Crippen molar-refractivity contribution in [3.05, 3.63) is 23.7 Å². The van der Waals surface area contributed by atoms with E-state index in [2.05, 4.69) is 4.90 Å². The molecule has 1 aromatic rings. The molecule has 1 aromatic heterocycles. The molecular weight excluding hydrogens is 254 g/mol. The zero-order valence-electron chi connectivity index (χ0n) is 12.9. The second-order valence-corrected chi connectivity index (χ2v) is 5.38. The van der Waals surface area contributed by atoms with Crippen LogP contribution in [0.15, 0.2) is 16.5 Å². The van der Waals surface area contributed by atoms with Crippen molar-refractivity contribution in [2.24, 2.45) is 5.73 Å². The van der Waals surface area contributed by atoms with Crippen LogP contribution in [0.4, 0.5) is 0 Å². The Bertz CT molecular complexity index is 402. The van der Waals surface area contributed by atoms with Crippen LogP contribution in [-0.4, -0.2) is 49.4 Å². The van der Waals surface area contributed by atoms with Crippen LogP contribution < -0.4 is 5.73 Å². The van der Waals surface area contributed by atoms with Crippen molar-refractivity contribution in [1.29, 1.82) is 0 Å². The Morgan fingerprint density at radius 1 is 1.25 bits per heavy atom. The number of hydrogen-bond acceptors (Lipinski definition) is 4. The Morgan fingerprint density at radius 3 is 2.55 bits per heavy atom. The van der Waals surface area contributed by atoms with E-state index in [1.54, 1.807) is 0 Å². The molecule has 0 atom stereocenters. The minimum Gasteiger partial charge on any atom is -0.464 e. The molecule has 0 aliphatic heterocycles. The summed E-state index contributed by atoms with van der Waals surface area (Å²) in [7, 11) is 4.02. The van der Waals surface area contributed by atoms with Crippen LogP contribution in [0.5, 0.6) is 0 Å². The number of hydrogen-bond donors (Lipinski definition) is 1. The van der Waals surface area contributed by atoms with Crippen LogP contribution >= 0.6 is 0 Å². The Balaban J connectivity index is 2.56. The highest BCUT2D eigenvalue weighted by Crippen LogP contribution is 2.11. The number of nitrogens with two attached hydrogens (primary N) is 1. The minimum absolute atomic E-state index is 0.175. The maximum atomic E-state index is 12.3. The Hall–Kier alpha value is -1.33. The molecule has 1 amide bonds. The van der Waals surface area contributed by atoms with Gasteiger partial charge in [-0.1, -0.05) is 0 Å². The first-order chi connectivity index (χ1) is 9.52. The smallest absolute Gasteiger partial charge is 0.223 e. The van der Waals surface area contributed by atoms with Crippen molar-refractivity contribution in [2.75, 3.05) is 33.7 Å². The summed E-state index contributed by atoms with van der Waals surface area (Å²) >= 11 is 0. The Kier molecular flexibility index (Phi) is 7.33. The Labute approximate surface area is 121 Å². The van der Waals surface area contributed by atoms with Gasteiger partial charge in [0.15, 0.2) is 0 Å². The van der Waals surface area contributed by atoms with Gasteiger partial charge in [0.05, 0.1) is 6.54 Å². The molecule has 114 valence electrons. The Morgan fingerprint density at radius 2 is 2.00 bits per heavy atom. The first kappa shape index (κ1) is 16.7. The van der Waals surface area contributed by atoms with E-state index in [0.717, 1.165) is 30.9 Å². The summed E-state index contributed by atoms with van der Waals surface area (Å²) in [5.74, 6) is 1.89. The van der Waals surface area contributed by atoms with E-state index in [4.69, 9.17) is 10.2 Å². The number of nitrogens with zero attached hydrogens (tertiary/aromatic N) is 2. The van der Waals surface area contributed by atoms with E-state index in [-0.39, 0.29) is 5.91 Å². The van der Waals surface area contributed by atoms with Gasteiger partial charge in [0, 0.05) is 19.5 Å². The van der Waals surface area contributed by atoms with Gasteiger partial charge < -0.3 is 20.0 Å². The fourth-order valence-electron chi connectivity index (χ4n) is 1.95. The normalized spacial score (nSPS) is 11.1. The number of carbonyl (C=O) groups is 1. The van der Waals surface area contributed by atoms with Gasteiger partial charge in [0.25, 0.3) is 0 Å². The highest BCUT2D eigenvalue weighted by Gasteiger charge is 2.15. The van der Waals surface area contributed by atoms with Gasteiger partial charge >= 0.3 is 0 Å². The van der Waals surface area contributed by atoms with Gasteiger partial charge in [-0.05, 0) is 52.5 Å². The van der Waals surface area contributed by atoms with E-state index >= 15 is 0 Å². The molecule has 5 heteroatoms. The summed E-state index contributed by atoms with van der Waals surface area (Å²) in [6.45, 7) is 4.67. The molecule has 0 aromatic carbocycles. The fraction of sp³-hybridized carbons (Fsp3) is 0.667. The summed E-state index contributed by atoms with van der Waals surface area (Å²) in [6, 6.07) is 3.86. The van der Waals surface area contributed by atoms with Crippen molar-refractivity contribution in [3.63, 3.8) is 0 Å². The second-order valence-electron chi connectivity index (χ2n) is 5.38. The highest BCUT2D eigenvalue weighted by atomic mass is 16.3. The molecule has 0 radical (unpaired) electrons. The maximum Gasteiger partial charge on any atom is 0.223 e. The first-order valence-corrected chi connectivity index (χ1v) is 7.21. The number of amides is 1. The predicted molar refractivity (Wildman–Crippen MR) is 80.3 cm³/mol. The lowest BCUT2D eigenvalue weighted by Crippen LogP contribution is -2.36. The van der Waals surface area contributed by atoms with Gasteiger partial charge in [-0.25, -0.2) is 0 Å². The first-order valence-electron chi connectivity index (χ1n) is 7.21. The molecule has 0 aliphatic rings. The molecular formula is C15H27N3O2. The minimum atomic E-state index is 0.175. The number of rotatable bonds is 9. The summed E-state index contributed by atoms with van der Waals surface area (Å²) in [5, 5.41) is 0. The summed E-state index contributed by atoms with van der Waals surface area (Å²) in [5.41, 5.74) is 5.47. The summed E-state index contributed by atoms with van der Waals surface area (Å²) in [6.07, 6.45) is 2.31. The van der Waals surface area contributed by atoms with Crippen molar-refractivity contribution in [2.45, 2.75) is 32.7 Å². The second kappa shape index (κ2) is 8.76. The van der Waals surface area contributed by atoms with Crippen LogP contribution in [0.3, 0.4) is 0 Å². The molecule has 0 saturated heterocycles. The summed E-state index contributed by atoms with van der Waals surface area (Å²) < 4.78 is 5.57. The number of unbranched alkanes of at least 4 members (excludes halogenated alkanes) is 1. The van der Waals surface area contributed by atoms with E-state index < -0.39 is 0 Å². The molecule has 0 bridgehead atoms. The van der Waals surface area contributed by atoms with Gasteiger partial charge in [-0.3, -0.25) is 4.79 Å². The molecule has 20 heavy (non-hydrogen) atoms. The molecule has 0 unspecified atom stereocenters. The third-order valence-electron chi connectivity index (χ3n) is 3.16. The quantitative estimate of drug-likeness (QED) is 0.699. The molecule has 0 aliphatic carbocycles. The summed E-state index contributed by atoms with van der Waals surface area (Å²) in [4.78, 5) is 16.2. The molecule has 0 spiro atoms. The number of likely N-dealkylation sites (N-methyl/N-ethyl adjacent to an activating group) is 1. The molecule has 0 saturated carbocycles. The van der Waals surface area contributed by atoms with Crippen LogP contribution in [0, 0.1) is 6.92 Å². The van der Waals surface area contributed by atoms with Crippen molar-refractivity contribution >= 4 is 5.91 Å². The molecule has 2 N–H and O–H groups in total. The highest BCUT2D eigenvalue weighted by molar-refractivity contribution is 5.76. The number of furan rings is 1. The molecule has 5 nitrogen and oxygen atoms in total. The lowest BCUT2D eigenvalue weighted by Gasteiger charge is -2.23.